The largest absolute Gasteiger partial charge is 0.287 e. The number of nitrogens with zero attached hydrogens (tertiary/aromatic N) is 6. The lowest BCUT2D eigenvalue weighted by Gasteiger charge is -2.24. The number of aromatic nitrogens is 5. The molecule has 0 saturated carbocycles. The van der Waals surface area contributed by atoms with E-state index in [1.807, 2.05) is 22.6 Å². The van der Waals surface area contributed by atoms with Gasteiger partial charge < -0.3 is 0 Å². The van der Waals surface area contributed by atoms with Crippen LogP contribution in [0.1, 0.15) is 50.3 Å². The lowest BCUT2D eigenvalue weighted by atomic mass is 10.1. The summed E-state index contributed by atoms with van der Waals surface area (Å²) in [5.74, 6) is 1.05. The molecule has 108 valence electrons. The minimum absolute atomic E-state index is 0.352. The Morgan fingerprint density at radius 2 is 2.20 bits per heavy atom. The molecule has 1 saturated heterocycles. The second kappa shape index (κ2) is 5.36. The molecule has 0 aromatic carbocycles. The van der Waals surface area contributed by atoms with Crippen LogP contribution in [0.5, 0.6) is 0 Å². The molecule has 1 aliphatic heterocycles. The smallest absolute Gasteiger partial charge is 0.141 e. The molecule has 0 bridgehead atoms. The second-order valence-corrected chi connectivity index (χ2v) is 5.72. The molecular formula is C14H22N6. The van der Waals surface area contributed by atoms with Gasteiger partial charge in [0.1, 0.15) is 12.2 Å². The van der Waals surface area contributed by atoms with E-state index in [1.54, 1.807) is 6.33 Å². The Labute approximate surface area is 119 Å². The fourth-order valence-electron chi connectivity index (χ4n) is 3.06. The highest BCUT2D eigenvalue weighted by Gasteiger charge is 2.29. The van der Waals surface area contributed by atoms with Gasteiger partial charge in [-0.05, 0) is 39.3 Å². The van der Waals surface area contributed by atoms with E-state index in [0.29, 0.717) is 12.1 Å². The monoisotopic (exact) mass is 274 g/mol. The van der Waals surface area contributed by atoms with Gasteiger partial charge >= 0.3 is 0 Å². The molecular weight excluding hydrogens is 252 g/mol. The molecule has 0 radical (unpaired) electrons. The maximum absolute atomic E-state index is 4.43. The van der Waals surface area contributed by atoms with Gasteiger partial charge in [0, 0.05) is 19.3 Å². The molecule has 6 nitrogen and oxygen atoms in total. The molecule has 0 amide bonds. The number of hydrogen-bond donors (Lipinski definition) is 0. The minimum Gasteiger partial charge on any atom is -0.287 e. The Kier molecular flexibility index (Phi) is 3.56. The van der Waals surface area contributed by atoms with E-state index >= 15 is 0 Å². The summed E-state index contributed by atoms with van der Waals surface area (Å²) in [7, 11) is 2.02. The maximum atomic E-state index is 4.43. The highest BCUT2D eigenvalue weighted by Crippen LogP contribution is 2.32. The molecule has 2 aromatic heterocycles. The molecule has 0 aliphatic carbocycles. The molecule has 3 heterocycles. The number of aryl methyl sites for hydroxylation is 1. The highest BCUT2D eigenvalue weighted by molar-refractivity contribution is 5.09. The second-order valence-electron chi connectivity index (χ2n) is 5.72. The van der Waals surface area contributed by atoms with Crippen LogP contribution in [0.4, 0.5) is 0 Å². The zero-order valence-corrected chi connectivity index (χ0v) is 12.4. The summed E-state index contributed by atoms with van der Waals surface area (Å²) < 4.78 is 3.99. The number of hydrogen-bond acceptors (Lipinski definition) is 4. The zero-order valence-electron chi connectivity index (χ0n) is 12.4. The average Bonchev–Trinajstić information content (AvgIpc) is 3.10. The molecule has 20 heavy (non-hydrogen) atoms. The standard InChI is InChI=1S/C14H22N6/c1-11(2)20-14(15-10-17-20)9-19-8-4-5-13(19)12-6-7-16-18(12)3/h6-7,10-11,13H,4-5,8-9H2,1-3H3/t13-/m0/s1. The van der Waals surface area contributed by atoms with Crippen LogP contribution in [0.2, 0.25) is 0 Å². The molecule has 0 spiro atoms. The van der Waals surface area contributed by atoms with Crippen LogP contribution >= 0.6 is 0 Å². The van der Waals surface area contributed by atoms with E-state index in [-0.39, 0.29) is 0 Å². The molecule has 6 heteroatoms. The van der Waals surface area contributed by atoms with Crippen LogP contribution < -0.4 is 0 Å². The summed E-state index contributed by atoms with van der Waals surface area (Å²) in [5.41, 5.74) is 1.29. The lowest BCUT2D eigenvalue weighted by molar-refractivity contribution is 0.227. The van der Waals surface area contributed by atoms with Crippen molar-refractivity contribution in [1.29, 1.82) is 0 Å². The topological polar surface area (TPSA) is 51.8 Å². The number of likely N-dealkylation sites (tertiary alicyclic amines) is 1. The van der Waals surface area contributed by atoms with Crippen molar-refractivity contribution in [2.24, 2.45) is 7.05 Å². The summed E-state index contributed by atoms with van der Waals surface area (Å²) >= 11 is 0. The normalized spacial score (nSPS) is 20.1. The van der Waals surface area contributed by atoms with Crippen molar-refractivity contribution < 1.29 is 0 Å². The first-order chi connectivity index (χ1) is 9.66. The van der Waals surface area contributed by atoms with Crippen molar-refractivity contribution in [3.8, 4) is 0 Å². The van der Waals surface area contributed by atoms with E-state index in [1.165, 1.54) is 18.5 Å². The SMILES string of the molecule is CC(C)n1ncnc1CN1CCC[C@H]1c1ccnn1C. The van der Waals surface area contributed by atoms with Gasteiger partial charge in [-0.1, -0.05) is 0 Å². The molecule has 0 unspecified atom stereocenters. The van der Waals surface area contributed by atoms with E-state index in [0.717, 1.165) is 18.9 Å². The van der Waals surface area contributed by atoms with Crippen LogP contribution in [0, 0.1) is 0 Å². The van der Waals surface area contributed by atoms with Crippen molar-refractivity contribution in [2.45, 2.75) is 45.3 Å². The Morgan fingerprint density at radius 1 is 1.35 bits per heavy atom. The molecule has 2 aromatic rings. The Balaban J connectivity index is 1.80. The molecule has 1 atom stereocenters. The molecule has 1 fully saturated rings. The van der Waals surface area contributed by atoms with Crippen molar-refractivity contribution in [2.75, 3.05) is 6.54 Å². The summed E-state index contributed by atoms with van der Waals surface area (Å²) in [6.07, 6.45) is 5.95. The van der Waals surface area contributed by atoms with Gasteiger partial charge in [0.2, 0.25) is 0 Å². The average molecular weight is 274 g/mol. The van der Waals surface area contributed by atoms with Gasteiger partial charge in [0.15, 0.2) is 0 Å². The Hall–Kier alpha value is -1.69. The fraction of sp³-hybridized carbons (Fsp3) is 0.643. The maximum Gasteiger partial charge on any atom is 0.141 e. The van der Waals surface area contributed by atoms with Crippen molar-refractivity contribution in [3.05, 3.63) is 30.1 Å². The van der Waals surface area contributed by atoms with Gasteiger partial charge in [-0.15, -0.1) is 0 Å². The van der Waals surface area contributed by atoms with Crippen LogP contribution in [-0.4, -0.2) is 36.0 Å². The first-order valence-electron chi connectivity index (χ1n) is 7.27. The third-order valence-electron chi connectivity index (χ3n) is 4.04. The summed E-state index contributed by atoms with van der Waals surface area (Å²) in [6.45, 7) is 6.25. The van der Waals surface area contributed by atoms with Crippen molar-refractivity contribution in [1.82, 2.24) is 29.4 Å². The molecule has 1 aliphatic rings. The van der Waals surface area contributed by atoms with Crippen LogP contribution in [0.3, 0.4) is 0 Å². The third-order valence-corrected chi connectivity index (χ3v) is 4.04. The predicted molar refractivity (Wildman–Crippen MR) is 76.0 cm³/mol. The highest BCUT2D eigenvalue weighted by atomic mass is 15.4. The van der Waals surface area contributed by atoms with Gasteiger partial charge in [0.05, 0.1) is 18.3 Å². The van der Waals surface area contributed by atoms with Crippen molar-refractivity contribution in [3.63, 3.8) is 0 Å². The zero-order chi connectivity index (χ0) is 14.1. The van der Waals surface area contributed by atoms with Gasteiger partial charge in [-0.25, -0.2) is 9.67 Å². The van der Waals surface area contributed by atoms with E-state index in [9.17, 15) is 0 Å². The van der Waals surface area contributed by atoms with Crippen LogP contribution in [-0.2, 0) is 13.6 Å². The summed E-state index contributed by atoms with van der Waals surface area (Å²) in [4.78, 5) is 6.91. The first kappa shape index (κ1) is 13.3. The van der Waals surface area contributed by atoms with Gasteiger partial charge in [-0.2, -0.15) is 10.2 Å². The number of rotatable bonds is 4. The lowest BCUT2D eigenvalue weighted by Crippen LogP contribution is -2.26. The van der Waals surface area contributed by atoms with E-state index in [2.05, 4.69) is 40.0 Å². The van der Waals surface area contributed by atoms with E-state index < -0.39 is 0 Å². The Bertz CT molecular complexity index is 570. The van der Waals surface area contributed by atoms with Gasteiger partial charge in [-0.3, -0.25) is 9.58 Å². The summed E-state index contributed by atoms with van der Waals surface area (Å²) in [6, 6.07) is 2.92. The fourth-order valence-corrected chi connectivity index (χ4v) is 3.06. The van der Waals surface area contributed by atoms with Crippen molar-refractivity contribution >= 4 is 0 Å². The van der Waals surface area contributed by atoms with Crippen LogP contribution in [0.25, 0.3) is 0 Å². The predicted octanol–water partition coefficient (Wildman–Crippen LogP) is 1.93. The van der Waals surface area contributed by atoms with E-state index in [4.69, 9.17) is 0 Å². The third kappa shape index (κ3) is 2.35. The Morgan fingerprint density at radius 3 is 2.90 bits per heavy atom. The van der Waals surface area contributed by atoms with Gasteiger partial charge in [0.25, 0.3) is 0 Å². The minimum atomic E-state index is 0.352. The van der Waals surface area contributed by atoms with Crippen LogP contribution in [0.15, 0.2) is 18.6 Å². The first-order valence-corrected chi connectivity index (χ1v) is 7.27. The molecule has 3 rings (SSSR count). The quantitative estimate of drug-likeness (QED) is 0.855. The summed E-state index contributed by atoms with van der Waals surface area (Å²) in [5, 5.41) is 8.62. The molecule has 0 N–H and O–H groups in total.